The molecule has 1 aromatic carbocycles. The maximum Gasteiger partial charge on any atom is 0.146 e. The summed E-state index contributed by atoms with van der Waals surface area (Å²) in [6, 6.07) is 6.31. The molecule has 0 aliphatic rings. The van der Waals surface area contributed by atoms with Gasteiger partial charge in [0.25, 0.3) is 0 Å². The molecule has 1 aromatic heterocycles. The van der Waals surface area contributed by atoms with Gasteiger partial charge in [0.15, 0.2) is 0 Å². The van der Waals surface area contributed by atoms with Crippen molar-refractivity contribution in [3.63, 3.8) is 0 Å². The van der Waals surface area contributed by atoms with Gasteiger partial charge in [-0.05, 0) is 36.1 Å². The molecule has 0 amide bonds. The number of nitrogens with zero attached hydrogens (tertiary/aromatic N) is 3. The molecule has 0 fully saturated rings. The smallest absolute Gasteiger partial charge is 0.146 e. The van der Waals surface area contributed by atoms with Crippen LogP contribution >= 0.6 is 15.9 Å². The summed E-state index contributed by atoms with van der Waals surface area (Å²) in [5.74, 6) is 1.54. The molecule has 5 heteroatoms. The fourth-order valence-electron chi connectivity index (χ4n) is 2.12. The third-order valence-electron chi connectivity index (χ3n) is 3.12. The van der Waals surface area contributed by atoms with E-state index in [2.05, 4.69) is 70.3 Å². The first-order chi connectivity index (χ1) is 9.60. The predicted molar refractivity (Wildman–Crippen MR) is 85.7 cm³/mol. The Bertz CT molecular complexity index is 563. The molecule has 20 heavy (non-hydrogen) atoms. The molecular weight excluding hydrogens is 316 g/mol. The Kier molecular flexibility index (Phi) is 5.17. The number of aryl methyl sites for hydroxylation is 1. The number of hydrogen-bond donors (Lipinski definition) is 1. The van der Waals surface area contributed by atoms with Crippen molar-refractivity contribution in [3.8, 4) is 0 Å². The molecule has 1 N–H and O–H groups in total. The van der Waals surface area contributed by atoms with Crippen molar-refractivity contribution in [3.05, 3.63) is 40.4 Å². The summed E-state index contributed by atoms with van der Waals surface area (Å²) in [7, 11) is 0. The zero-order chi connectivity index (χ0) is 14.5. The zero-order valence-electron chi connectivity index (χ0n) is 12.2. The van der Waals surface area contributed by atoms with Gasteiger partial charge in [-0.15, -0.1) is 0 Å². The number of nitrogens with one attached hydrogen (secondary N) is 1. The topological polar surface area (TPSA) is 42.7 Å². The molecule has 0 aliphatic carbocycles. The molecule has 0 radical (unpaired) electrons. The van der Waals surface area contributed by atoms with Crippen LogP contribution < -0.4 is 5.32 Å². The van der Waals surface area contributed by atoms with Crippen LogP contribution in [0.15, 0.2) is 29.0 Å². The lowest BCUT2D eigenvalue weighted by Crippen LogP contribution is -2.13. The van der Waals surface area contributed by atoms with Crippen LogP contribution in [-0.4, -0.2) is 14.8 Å². The summed E-state index contributed by atoms with van der Waals surface area (Å²) >= 11 is 3.51. The van der Waals surface area contributed by atoms with E-state index in [0.29, 0.717) is 12.5 Å². The molecule has 0 saturated heterocycles. The molecule has 0 bridgehead atoms. The van der Waals surface area contributed by atoms with E-state index >= 15 is 0 Å². The Morgan fingerprint density at radius 2 is 2.15 bits per heavy atom. The monoisotopic (exact) mass is 336 g/mol. The maximum atomic E-state index is 4.34. The molecule has 0 atom stereocenters. The van der Waals surface area contributed by atoms with Gasteiger partial charge in [-0.25, -0.2) is 9.67 Å². The third-order valence-corrected chi connectivity index (χ3v) is 3.61. The maximum absolute atomic E-state index is 4.34. The van der Waals surface area contributed by atoms with E-state index in [0.717, 1.165) is 29.0 Å². The Morgan fingerprint density at radius 3 is 2.85 bits per heavy atom. The summed E-state index contributed by atoms with van der Waals surface area (Å²) in [5, 5.41) is 7.75. The second kappa shape index (κ2) is 6.88. The van der Waals surface area contributed by atoms with Gasteiger partial charge < -0.3 is 5.32 Å². The van der Waals surface area contributed by atoms with Gasteiger partial charge in [-0.1, -0.05) is 36.7 Å². The van der Waals surface area contributed by atoms with E-state index < -0.39 is 0 Å². The molecular formula is C15H21BrN4. The highest BCUT2D eigenvalue weighted by molar-refractivity contribution is 9.10. The lowest BCUT2D eigenvalue weighted by molar-refractivity contribution is 0.468. The van der Waals surface area contributed by atoms with Crippen molar-refractivity contribution < 1.29 is 0 Å². The molecule has 0 unspecified atom stereocenters. The second-order valence-electron chi connectivity index (χ2n) is 5.26. The van der Waals surface area contributed by atoms with E-state index in [4.69, 9.17) is 0 Å². The molecule has 0 aliphatic heterocycles. The number of benzene rings is 1. The number of halogens is 1. The van der Waals surface area contributed by atoms with Gasteiger partial charge in [0, 0.05) is 16.7 Å². The SMILES string of the molecule is CCc1cc(Br)ccc1NCc1ncnn1CC(C)C. The highest BCUT2D eigenvalue weighted by Gasteiger charge is 2.07. The van der Waals surface area contributed by atoms with Crippen LogP contribution in [0.3, 0.4) is 0 Å². The van der Waals surface area contributed by atoms with Crippen LogP contribution in [-0.2, 0) is 19.5 Å². The van der Waals surface area contributed by atoms with Crippen LogP contribution in [0.4, 0.5) is 5.69 Å². The van der Waals surface area contributed by atoms with Crippen LogP contribution in [0.5, 0.6) is 0 Å². The van der Waals surface area contributed by atoms with Crippen LogP contribution in [0.1, 0.15) is 32.2 Å². The minimum absolute atomic E-state index is 0.564. The van der Waals surface area contributed by atoms with Gasteiger partial charge in [0.2, 0.25) is 0 Å². The Balaban J connectivity index is 2.07. The summed E-state index contributed by atoms with van der Waals surface area (Å²) in [6.07, 6.45) is 2.63. The van der Waals surface area contributed by atoms with Crippen molar-refractivity contribution in [2.75, 3.05) is 5.32 Å². The minimum Gasteiger partial charge on any atom is -0.378 e. The van der Waals surface area contributed by atoms with E-state index in [-0.39, 0.29) is 0 Å². The highest BCUT2D eigenvalue weighted by atomic mass is 79.9. The van der Waals surface area contributed by atoms with E-state index in [1.165, 1.54) is 5.56 Å². The molecule has 108 valence electrons. The first kappa shape index (κ1) is 15.0. The summed E-state index contributed by atoms with van der Waals surface area (Å²) < 4.78 is 3.09. The third kappa shape index (κ3) is 3.82. The lowest BCUT2D eigenvalue weighted by atomic mass is 10.1. The van der Waals surface area contributed by atoms with Gasteiger partial charge >= 0.3 is 0 Å². The van der Waals surface area contributed by atoms with E-state index in [1.807, 2.05) is 4.68 Å². The van der Waals surface area contributed by atoms with Crippen LogP contribution in [0.25, 0.3) is 0 Å². The average Bonchev–Trinajstić information content (AvgIpc) is 2.83. The zero-order valence-corrected chi connectivity index (χ0v) is 13.8. The fraction of sp³-hybridized carbons (Fsp3) is 0.467. The van der Waals surface area contributed by atoms with Crippen molar-refractivity contribution in [2.24, 2.45) is 5.92 Å². The van der Waals surface area contributed by atoms with Gasteiger partial charge in [0.1, 0.15) is 12.2 Å². The number of anilines is 1. The highest BCUT2D eigenvalue weighted by Crippen LogP contribution is 2.22. The number of aromatic nitrogens is 3. The average molecular weight is 337 g/mol. The number of hydrogen-bond acceptors (Lipinski definition) is 3. The normalized spacial score (nSPS) is 11.1. The van der Waals surface area contributed by atoms with E-state index in [9.17, 15) is 0 Å². The Labute approximate surface area is 128 Å². The first-order valence-corrected chi connectivity index (χ1v) is 7.78. The molecule has 0 spiro atoms. The summed E-state index contributed by atoms with van der Waals surface area (Å²) in [4.78, 5) is 4.34. The second-order valence-corrected chi connectivity index (χ2v) is 6.18. The fourth-order valence-corrected chi connectivity index (χ4v) is 2.53. The minimum atomic E-state index is 0.564. The Morgan fingerprint density at radius 1 is 1.35 bits per heavy atom. The number of rotatable bonds is 6. The van der Waals surface area contributed by atoms with Crippen molar-refractivity contribution in [1.82, 2.24) is 14.8 Å². The first-order valence-electron chi connectivity index (χ1n) is 6.99. The van der Waals surface area contributed by atoms with Crippen molar-refractivity contribution in [1.29, 1.82) is 0 Å². The molecule has 4 nitrogen and oxygen atoms in total. The predicted octanol–water partition coefficient (Wildman–Crippen LogP) is 3.87. The molecule has 0 saturated carbocycles. The lowest BCUT2D eigenvalue weighted by Gasteiger charge is -2.13. The summed E-state index contributed by atoms with van der Waals surface area (Å²) in [6.45, 7) is 8.12. The van der Waals surface area contributed by atoms with Gasteiger partial charge in [-0.2, -0.15) is 5.10 Å². The Hall–Kier alpha value is -1.36. The van der Waals surface area contributed by atoms with Gasteiger partial charge in [-0.3, -0.25) is 0 Å². The van der Waals surface area contributed by atoms with E-state index in [1.54, 1.807) is 6.33 Å². The van der Waals surface area contributed by atoms with Crippen molar-refractivity contribution in [2.45, 2.75) is 40.3 Å². The van der Waals surface area contributed by atoms with Crippen molar-refractivity contribution >= 4 is 21.6 Å². The quantitative estimate of drug-likeness (QED) is 0.870. The van der Waals surface area contributed by atoms with Crippen LogP contribution in [0.2, 0.25) is 0 Å². The standard InChI is InChI=1S/C15H21BrN4/c1-4-12-7-13(16)5-6-14(12)17-8-15-18-10-19-20(15)9-11(2)3/h5-7,10-11,17H,4,8-9H2,1-3H3. The molecule has 2 aromatic rings. The van der Waals surface area contributed by atoms with Crippen LogP contribution in [0, 0.1) is 5.92 Å². The largest absolute Gasteiger partial charge is 0.378 e. The molecule has 1 heterocycles. The summed E-state index contributed by atoms with van der Waals surface area (Å²) in [5.41, 5.74) is 2.46. The molecule has 2 rings (SSSR count). The van der Waals surface area contributed by atoms with Gasteiger partial charge in [0.05, 0.1) is 6.54 Å².